The van der Waals surface area contributed by atoms with Crippen LogP contribution in [0.5, 0.6) is 0 Å². The Bertz CT molecular complexity index is 866. The maximum absolute atomic E-state index is 13.4. The minimum atomic E-state index is -1.48. The molecule has 1 saturated heterocycles. The lowest BCUT2D eigenvalue weighted by Gasteiger charge is -2.39. The Morgan fingerprint density at radius 3 is 2.21 bits per heavy atom. The monoisotopic (exact) mass is 543 g/mol. The first-order chi connectivity index (χ1) is 17.8. The number of carboxylic acid groups (broad SMARTS) is 2. The molecule has 14 heteroatoms. The van der Waals surface area contributed by atoms with Crippen molar-refractivity contribution in [3.8, 4) is 0 Å². The van der Waals surface area contributed by atoms with Gasteiger partial charge < -0.3 is 41.5 Å². The van der Waals surface area contributed by atoms with Gasteiger partial charge in [-0.3, -0.25) is 24.0 Å². The quantitative estimate of drug-likeness (QED) is 0.135. The van der Waals surface area contributed by atoms with Gasteiger partial charge in [0.05, 0.1) is 18.6 Å². The number of nitrogens with zero attached hydrogens (tertiary/aromatic N) is 1. The number of aliphatic carboxylic acids is 2. The first-order valence-electron chi connectivity index (χ1n) is 12.6. The van der Waals surface area contributed by atoms with Gasteiger partial charge in [0.2, 0.25) is 23.6 Å². The number of rotatable bonds is 16. The third-order valence-corrected chi connectivity index (χ3v) is 6.40. The number of hydrogen-bond acceptors (Lipinski definition) is 8. The number of carboxylic acids is 2. The Kier molecular flexibility index (Phi) is 13.7. The van der Waals surface area contributed by atoms with Crippen LogP contribution in [-0.2, 0) is 33.5 Å². The fourth-order valence-electron chi connectivity index (χ4n) is 4.46. The molecule has 1 aliphatic heterocycles. The second kappa shape index (κ2) is 15.9. The summed E-state index contributed by atoms with van der Waals surface area (Å²) in [6.07, 6.45) is -0.715. The van der Waals surface area contributed by atoms with Gasteiger partial charge in [-0.05, 0) is 32.2 Å². The van der Waals surface area contributed by atoms with Crippen molar-refractivity contribution in [2.45, 2.75) is 76.6 Å². The number of likely N-dealkylation sites (tertiary alicyclic amines) is 1. The van der Waals surface area contributed by atoms with Crippen LogP contribution in [0.15, 0.2) is 0 Å². The molecule has 1 fully saturated rings. The fourth-order valence-corrected chi connectivity index (χ4v) is 4.46. The molecule has 1 aliphatic rings. The molecule has 38 heavy (non-hydrogen) atoms. The zero-order valence-corrected chi connectivity index (χ0v) is 22.4. The molecule has 1 rings (SSSR count). The molecular weight excluding hydrogens is 502 g/mol. The molecule has 0 aromatic carbocycles. The van der Waals surface area contributed by atoms with Crippen LogP contribution < -0.4 is 21.7 Å². The van der Waals surface area contributed by atoms with Gasteiger partial charge in [0.25, 0.3) is 0 Å². The molecule has 0 aromatic rings. The van der Waals surface area contributed by atoms with Crippen LogP contribution in [0, 0.1) is 11.8 Å². The van der Waals surface area contributed by atoms with Crippen molar-refractivity contribution < 1.29 is 43.7 Å². The summed E-state index contributed by atoms with van der Waals surface area (Å²) in [5.74, 6) is -5.25. The van der Waals surface area contributed by atoms with Crippen LogP contribution in [0.4, 0.5) is 0 Å². The molecule has 4 amide bonds. The molecule has 0 unspecified atom stereocenters. The van der Waals surface area contributed by atoms with Gasteiger partial charge in [0, 0.05) is 39.0 Å². The van der Waals surface area contributed by atoms with E-state index in [0.29, 0.717) is 12.8 Å². The van der Waals surface area contributed by atoms with Gasteiger partial charge in [-0.15, -0.1) is 0 Å². The number of amides is 4. The summed E-state index contributed by atoms with van der Waals surface area (Å²) in [5, 5.41) is 26.3. The minimum Gasteiger partial charge on any atom is -0.481 e. The molecule has 0 radical (unpaired) electrons. The van der Waals surface area contributed by atoms with Gasteiger partial charge in [0.15, 0.2) is 0 Å². The van der Waals surface area contributed by atoms with E-state index in [2.05, 4.69) is 16.0 Å². The van der Waals surface area contributed by atoms with Crippen molar-refractivity contribution >= 4 is 35.6 Å². The van der Waals surface area contributed by atoms with Gasteiger partial charge in [-0.1, -0.05) is 13.8 Å². The molecular formula is C24H41N5O9. The lowest BCUT2D eigenvalue weighted by atomic mass is 9.90. The smallest absolute Gasteiger partial charge is 0.326 e. The Hall–Kier alpha value is -3.26. The fraction of sp³-hybridized carbons (Fsp3) is 0.750. The van der Waals surface area contributed by atoms with E-state index in [0.717, 1.165) is 0 Å². The minimum absolute atomic E-state index is 0.0687. The van der Waals surface area contributed by atoms with E-state index in [9.17, 15) is 33.9 Å². The van der Waals surface area contributed by atoms with Gasteiger partial charge in [-0.25, -0.2) is 4.79 Å². The largest absolute Gasteiger partial charge is 0.481 e. The number of primary amides is 1. The van der Waals surface area contributed by atoms with Gasteiger partial charge in [0.1, 0.15) is 12.1 Å². The SMILES string of the molecule is CN[C@@H](CC(C)C)C(=O)N[C@@H](CCC(=O)O)C(=O)N1CC[C@H](OC)[C@H](CC(=O)N[C@@H](CC(N)=O)C(=O)O)C1. The average Bonchev–Trinajstić information content (AvgIpc) is 2.83. The first-order valence-corrected chi connectivity index (χ1v) is 12.6. The van der Waals surface area contributed by atoms with Crippen molar-refractivity contribution in [1.29, 1.82) is 0 Å². The maximum atomic E-state index is 13.4. The van der Waals surface area contributed by atoms with Crippen LogP contribution in [0.1, 0.15) is 52.4 Å². The van der Waals surface area contributed by atoms with E-state index >= 15 is 0 Å². The third kappa shape index (κ3) is 11.0. The van der Waals surface area contributed by atoms with Crippen LogP contribution in [0.25, 0.3) is 0 Å². The van der Waals surface area contributed by atoms with E-state index in [4.69, 9.17) is 15.6 Å². The summed E-state index contributed by atoms with van der Waals surface area (Å²) < 4.78 is 5.47. The summed E-state index contributed by atoms with van der Waals surface area (Å²) in [7, 11) is 3.09. The number of carbonyl (C=O) groups excluding carboxylic acids is 4. The zero-order chi connectivity index (χ0) is 29.0. The predicted octanol–water partition coefficient (Wildman–Crippen LogP) is -1.33. The molecule has 0 bridgehead atoms. The third-order valence-electron chi connectivity index (χ3n) is 6.40. The van der Waals surface area contributed by atoms with Crippen molar-refractivity contribution in [2.75, 3.05) is 27.2 Å². The first kappa shape index (κ1) is 32.8. The topological polar surface area (TPSA) is 217 Å². The normalized spacial score (nSPS) is 19.8. The van der Waals surface area contributed by atoms with E-state index in [1.165, 1.54) is 12.0 Å². The van der Waals surface area contributed by atoms with E-state index < -0.39 is 72.1 Å². The number of piperidine rings is 1. The van der Waals surface area contributed by atoms with Gasteiger partial charge in [-0.2, -0.15) is 0 Å². The highest BCUT2D eigenvalue weighted by Crippen LogP contribution is 2.24. The number of nitrogens with one attached hydrogen (secondary N) is 3. The standard InChI is InChI=1S/C24H41N5O9/c1-13(2)9-16(26-3)22(34)28-15(5-6-21(32)33)23(35)29-8-7-18(38-4)14(12-29)10-20(31)27-17(24(36)37)11-19(25)30/h13-18,26H,5-12H2,1-4H3,(H2,25,30)(H,27,31)(H,28,34)(H,32,33)(H,36,37)/t14-,15+,16+,17+,18+/m1/s1. The van der Waals surface area contributed by atoms with Crippen molar-refractivity contribution in [3.63, 3.8) is 0 Å². The predicted molar refractivity (Wildman–Crippen MR) is 135 cm³/mol. The van der Waals surface area contributed by atoms with Crippen molar-refractivity contribution in [3.05, 3.63) is 0 Å². The lowest BCUT2D eigenvalue weighted by Crippen LogP contribution is -2.56. The molecule has 0 aromatic heterocycles. The molecule has 1 heterocycles. The Morgan fingerprint density at radius 2 is 1.71 bits per heavy atom. The Labute approximate surface area is 222 Å². The number of carbonyl (C=O) groups is 6. The van der Waals surface area contributed by atoms with E-state index in [-0.39, 0.29) is 38.3 Å². The molecule has 216 valence electrons. The zero-order valence-electron chi connectivity index (χ0n) is 22.4. The van der Waals surface area contributed by atoms with Crippen LogP contribution in [-0.4, -0.2) is 102 Å². The highest BCUT2D eigenvalue weighted by Gasteiger charge is 2.37. The Balaban J connectivity index is 2.99. The number of hydrogen-bond donors (Lipinski definition) is 6. The second-order valence-corrected chi connectivity index (χ2v) is 9.90. The molecule has 0 saturated carbocycles. The maximum Gasteiger partial charge on any atom is 0.326 e. The number of ether oxygens (including phenoxy) is 1. The molecule has 14 nitrogen and oxygen atoms in total. The van der Waals surface area contributed by atoms with E-state index in [1.807, 2.05) is 13.8 Å². The molecule has 5 atom stereocenters. The highest BCUT2D eigenvalue weighted by molar-refractivity contribution is 5.90. The van der Waals surface area contributed by atoms with Crippen molar-refractivity contribution in [1.82, 2.24) is 20.9 Å². The van der Waals surface area contributed by atoms with Crippen LogP contribution in [0.2, 0.25) is 0 Å². The average molecular weight is 544 g/mol. The number of methoxy groups -OCH3 is 1. The molecule has 7 N–H and O–H groups in total. The summed E-state index contributed by atoms with van der Waals surface area (Å²) in [4.78, 5) is 74.0. The summed E-state index contributed by atoms with van der Waals surface area (Å²) in [6, 6.07) is -3.13. The van der Waals surface area contributed by atoms with E-state index in [1.54, 1.807) is 7.05 Å². The summed E-state index contributed by atoms with van der Waals surface area (Å²) >= 11 is 0. The summed E-state index contributed by atoms with van der Waals surface area (Å²) in [6.45, 7) is 4.23. The van der Waals surface area contributed by atoms with Gasteiger partial charge >= 0.3 is 11.9 Å². The summed E-state index contributed by atoms with van der Waals surface area (Å²) in [5.41, 5.74) is 5.05. The highest BCUT2D eigenvalue weighted by atomic mass is 16.5. The molecule has 0 aliphatic carbocycles. The van der Waals surface area contributed by atoms with Crippen molar-refractivity contribution in [2.24, 2.45) is 17.6 Å². The lowest BCUT2D eigenvalue weighted by molar-refractivity contribution is -0.144. The Morgan fingerprint density at radius 1 is 1.05 bits per heavy atom. The van der Waals surface area contributed by atoms with Crippen LogP contribution >= 0.6 is 0 Å². The second-order valence-electron chi connectivity index (χ2n) is 9.90. The molecule has 0 spiro atoms. The number of nitrogens with two attached hydrogens (primary N) is 1. The van der Waals surface area contributed by atoms with Crippen LogP contribution in [0.3, 0.4) is 0 Å². The number of likely N-dealkylation sites (N-methyl/N-ethyl adjacent to an activating group) is 1.